The Bertz CT molecular complexity index is 1450. The molecule has 3 aromatic rings. The fourth-order valence-corrected chi connectivity index (χ4v) is 4.58. The topological polar surface area (TPSA) is 140 Å². The van der Waals surface area contributed by atoms with E-state index in [0.29, 0.717) is 11.3 Å². The molecule has 10 nitrogen and oxygen atoms in total. The van der Waals surface area contributed by atoms with E-state index in [1.807, 2.05) is 6.92 Å². The molecule has 0 saturated heterocycles. The van der Waals surface area contributed by atoms with Gasteiger partial charge >= 0.3 is 10.1 Å². The summed E-state index contributed by atoms with van der Waals surface area (Å²) in [5, 5.41) is 6.30. The van der Waals surface area contributed by atoms with Crippen LogP contribution in [0.5, 0.6) is 11.5 Å². The minimum atomic E-state index is -4.24. The van der Waals surface area contributed by atoms with Gasteiger partial charge < -0.3 is 14.2 Å². The Hall–Kier alpha value is -3.90. The van der Waals surface area contributed by atoms with Crippen molar-refractivity contribution in [1.82, 2.24) is 4.83 Å². The zero-order valence-electron chi connectivity index (χ0n) is 19.0. The van der Waals surface area contributed by atoms with Gasteiger partial charge in [-0.15, -0.1) is 0 Å². The average Bonchev–Trinajstić information content (AvgIpc) is 2.79. The van der Waals surface area contributed by atoms with Gasteiger partial charge in [0.15, 0.2) is 11.5 Å². The van der Waals surface area contributed by atoms with Gasteiger partial charge in [-0.2, -0.15) is 21.9 Å². The number of nitrogens with zero attached hydrogens (tertiary/aromatic N) is 1. The SMILES string of the molecule is COc1ccc(/C=N/NS(=O)(=O)c2ccc(C)cc2)cc1OS(=O)(=O)c1ccc(NC(C)=O)cc1. The molecule has 3 rings (SSSR count). The van der Waals surface area contributed by atoms with Gasteiger partial charge in [0, 0.05) is 12.6 Å². The van der Waals surface area contributed by atoms with Crippen molar-refractivity contribution in [2.75, 3.05) is 12.4 Å². The first-order valence-corrected chi connectivity index (χ1v) is 13.0. The Morgan fingerprint density at radius 2 is 1.51 bits per heavy atom. The number of carbonyl (C=O) groups is 1. The number of aryl methyl sites for hydroxylation is 1. The van der Waals surface area contributed by atoms with Gasteiger partial charge in [-0.3, -0.25) is 4.79 Å². The second-order valence-corrected chi connectivity index (χ2v) is 10.5. The highest BCUT2D eigenvalue weighted by atomic mass is 32.2. The molecule has 1 amide bonds. The lowest BCUT2D eigenvalue weighted by Gasteiger charge is -2.12. The summed E-state index contributed by atoms with van der Waals surface area (Å²) < 4.78 is 60.7. The summed E-state index contributed by atoms with van der Waals surface area (Å²) >= 11 is 0. The Balaban J connectivity index is 1.79. The molecule has 184 valence electrons. The van der Waals surface area contributed by atoms with Gasteiger partial charge in [0.05, 0.1) is 18.2 Å². The molecule has 12 heteroatoms. The van der Waals surface area contributed by atoms with Crippen LogP contribution in [0, 0.1) is 6.92 Å². The summed E-state index contributed by atoms with van der Waals surface area (Å²) in [6.07, 6.45) is 1.20. The number of hydrogen-bond donors (Lipinski definition) is 2. The summed E-state index contributed by atoms with van der Waals surface area (Å²) in [4.78, 5) is 13.2. The van der Waals surface area contributed by atoms with E-state index in [9.17, 15) is 21.6 Å². The van der Waals surface area contributed by atoms with Crippen LogP contribution in [0.25, 0.3) is 0 Å². The van der Waals surface area contributed by atoms with Crippen LogP contribution in [0.1, 0.15) is 18.1 Å². The van der Waals surface area contributed by atoms with E-state index >= 15 is 0 Å². The van der Waals surface area contributed by atoms with E-state index in [-0.39, 0.29) is 27.2 Å². The van der Waals surface area contributed by atoms with Crippen molar-refractivity contribution >= 4 is 38.0 Å². The summed E-state index contributed by atoms with van der Waals surface area (Å²) in [5.41, 5.74) is 1.70. The second kappa shape index (κ2) is 10.6. The highest BCUT2D eigenvalue weighted by molar-refractivity contribution is 7.89. The van der Waals surface area contributed by atoms with Crippen LogP contribution in [-0.2, 0) is 24.9 Å². The zero-order chi connectivity index (χ0) is 25.6. The summed E-state index contributed by atoms with van der Waals surface area (Å²) in [5.74, 6) is -0.272. The van der Waals surface area contributed by atoms with Crippen molar-refractivity contribution in [3.05, 3.63) is 77.9 Å². The first kappa shape index (κ1) is 25.7. The molecule has 0 aromatic heterocycles. The second-order valence-electron chi connectivity index (χ2n) is 7.32. The predicted octanol–water partition coefficient (Wildman–Crippen LogP) is 3.04. The summed E-state index contributed by atoms with van der Waals surface area (Å²) in [6, 6.07) is 16.0. The lowest BCUT2D eigenvalue weighted by atomic mass is 10.2. The first-order valence-electron chi connectivity index (χ1n) is 10.1. The maximum Gasteiger partial charge on any atom is 0.339 e. The molecule has 0 fully saturated rings. The molecule has 3 aromatic carbocycles. The lowest BCUT2D eigenvalue weighted by molar-refractivity contribution is -0.114. The third kappa shape index (κ3) is 6.80. The fourth-order valence-electron chi connectivity index (χ4n) is 2.85. The Labute approximate surface area is 203 Å². The Kier molecular flexibility index (Phi) is 7.77. The van der Waals surface area contributed by atoms with Gasteiger partial charge in [0.2, 0.25) is 5.91 Å². The van der Waals surface area contributed by atoms with Gasteiger partial charge in [0.1, 0.15) is 4.90 Å². The van der Waals surface area contributed by atoms with Gasteiger partial charge in [-0.25, -0.2) is 4.83 Å². The number of methoxy groups -OCH3 is 1. The quantitative estimate of drug-likeness (QED) is 0.253. The average molecular weight is 518 g/mol. The highest BCUT2D eigenvalue weighted by Crippen LogP contribution is 2.30. The third-order valence-corrected chi connectivity index (χ3v) is 7.06. The van der Waals surface area contributed by atoms with Crippen molar-refractivity contribution in [3.63, 3.8) is 0 Å². The minimum Gasteiger partial charge on any atom is -0.493 e. The van der Waals surface area contributed by atoms with Crippen LogP contribution in [-0.4, -0.2) is 36.1 Å². The molecule has 0 aliphatic carbocycles. The molecular weight excluding hydrogens is 494 g/mol. The van der Waals surface area contributed by atoms with Crippen LogP contribution >= 0.6 is 0 Å². The van der Waals surface area contributed by atoms with E-state index in [2.05, 4.69) is 15.2 Å². The molecular formula is C23H23N3O7S2. The number of rotatable bonds is 9. The number of carbonyl (C=O) groups excluding carboxylic acids is 1. The van der Waals surface area contributed by atoms with Crippen molar-refractivity contribution in [1.29, 1.82) is 0 Å². The van der Waals surface area contributed by atoms with Gasteiger partial charge in [-0.1, -0.05) is 17.7 Å². The van der Waals surface area contributed by atoms with Crippen molar-refractivity contribution in [2.45, 2.75) is 23.6 Å². The third-order valence-electron chi connectivity index (χ3n) is 4.57. The van der Waals surface area contributed by atoms with E-state index in [4.69, 9.17) is 8.92 Å². The van der Waals surface area contributed by atoms with Gasteiger partial charge in [-0.05, 0) is 67.1 Å². The predicted molar refractivity (Wildman–Crippen MR) is 131 cm³/mol. The molecule has 0 aliphatic rings. The number of hydrazone groups is 1. The standard InChI is InChI=1S/C23H23N3O7S2/c1-16-4-9-20(10-5-16)34(28,29)26-24-15-18-6-13-22(32-3)23(14-18)33-35(30,31)21-11-7-19(8-12-21)25-17(2)27/h4-15,26H,1-3H3,(H,25,27)/b24-15+. The van der Waals surface area contributed by atoms with Crippen LogP contribution in [0.15, 0.2) is 81.6 Å². The van der Waals surface area contributed by atoms with E-state index in [1.165, 1.54) is 68.8 Å². The molecule has 0 spiro atoms. The maximum atomic E-state index is 12.8. The molecule has 0 heterocycles. The molecule has 0 aliphatic heterocycles. The zero-order valence-corrected chi connectivity index (χ0v) is 20.7. The van der Waals surface area contributed by atoms with Crippen molar-refractivity contribution in [2.24, 2.45) is 5.10 Å². The summed E-state index contributed by atoms with van der Waals surface area (Å²) in [7, 11) is -6.76. The summed E-state index contributed by atoms with van der Waals surface area (Å²) in [6.45, 7) is 3.18. The number of ether oxygens (including phenoxy) is 1. The van der Waals surface area contributed by atoms with Crippen LogP contribution < -0.4 is 19.1 Å². The first-order chi connectivity index (χ1) is 16.5. The molecule has 2 N–H and O–H groups in total. The number of benzene rings is 3. The normalized spacial score (nSPS) is 11.7. The van der Waals surface area contributed by atoms with Crippen LogP contribution in [0.4, 0.5) is 5.69 Å². The smallest absolute Gasteiger partial charge is 0.339 e. The number of nitrogens with one attached hydrogen (secondary N) is 2. The number of hydrogen-bond acceptors (Lipinski definition) is 8. The molecule has 35 heavy (non-hydrogen) atoms. The van der Waals surface area contributed by atoms with E-state index < -0.39 is 20.1 Å². The monoisotopic (exact) mass is 517 g/mol. The largest absolute Gasteiger partial charge is 0.493 e. The number of sulfonamides is 1. The minimum absolute atomic E-state index is 0.0506. The molecule has 0 atom stereocenters. The molecule has 0 radical (unpaired) electrons. The molecule has 0 bridgehead atoms. The van der Waals surface area contributed by atoms with Crippen molar-refractivity contribution < 1.29 is 30.6 Å². The lowest BCUT2D eigenvalue weighted by Crippen LogP contribution is -2.18. The van der Waals surface area contributed by atoms with Gasteiger partial charge in [0.25, 0.3) is 10.0 Å². The maximum absolute atomic E-state index is 12.8. The molecule has 0 unspecified atom stereocenters. The van der Waals surface area contributed by atoms with Crippen molar-refractivity contribution in [3.8, 4) is 11.5 Å². The number of amides is 1. The van der Waals surface area contributed by atoms with Crippen LogP contribution in [0.3, 0.4) is 0 Å². The number of anilines is 1. The van der Waals surface area contributed by atoms with Crippen LogP contribution in [0.2, 0.25) is 0 Å². The highest BCUT2D eigenvalue weighted by Gasteiger charge is 2.20. The molecule has 0 saturated carbocycles. The van der Waals surface area contributed by atoms with E-state index in [1.54, 1.807) is 18.2 Å². The fraction of sp³-hybridized carbons (Fsp3) is 0.130. The Morgan fingerprint density at radius 1 is 0.886 bits per heavy atom. The Morgan fingerprint density at radius 3 is 2.11 bits per heavy atom. The van der Waals surface area contributed by atoms with E-state index in [0.717, 1.165) is 5.56 Å².